The van der Waals surface area contributed by atoms with Gasteiger partial charge in [-0.05, 0) is 25.7 Å². The van der Waals surface area contributed by atoms with Crippen LogP contribution in [-0.4, -0.2) is 50.4 Å². The Morgan fingerprint density at radius 2 is 2.14 bits per heavy atom. The van der Waals surface area contributed by atoms with Gasteiger partial charge in [0.1, 0.15) is 18.2 Å². The molecule has 0 aliphatic heterocycles. The van der Waals surface area contributed by atoms with E-state index in [4.69, 9.17) is 9.47 Å². The largest absolute Gasteiger partial charge is 0.379 e. The number of hydrogen-bond acceptors (Lipinski definition) is 6. The number of rotatable bonds is 10. The highest BCUT2D eigenvalue weighted by molar-refractivity contribution is 5.48. The van der Waals surface area contributed by atoms with E-state index in [9.17, 15) is 0 Å². The van der Waals surface area contributed by atoms with Gasteiger partial charge in [0, 0.05) is 39.9 Å². The van der Waals surface area contributed by atoms with E-state index in [0.29, 0.717) is 19.0 Å². The van der Waals surface area contributed by atoms with Crippen LogP contribution in [0.3, 0.4) is 0 Å². The average molecular weight is 294 g/mol. The first-order valence-corrected chi connectivity index (χ1v) is 7.65. The quantitative estimate of drug-likeness (QED) is 0.665. The SMILES string of the molecule is CCOCc1nc(NC)cc(N(C)CCOCC2CC2)n1. The Morgan fingerprint density at radius 1 is 1.33 bits per heavy atom. The predicted molar refractivity (Wildman–Crippen MR) is 83.7 cm³/mol. The highest BCUT2D eigenvalue weighted by Crippen LogP contribution is 2.28. The van der Waals surface area contributed by atoms with E-state index in [1.54, 1.807) is 0 Å². The lowest BCUT2D eigenvalue weighted by atomic mass is 10.4. The molecule has 118 valence electrons. The smallest absolute Gasteiger partial charge is 0.158 e. The Hall–Kier alpha value is -1.40. The van der Waals surface area contributed by atoms with Crippen LogP contribution in [0.25, 0.3) is 0 Å². The van der Waals surface area contributed by atoms with E-state index in [1.807, 2.05) is 27.1 Å². The molecule has 0 radical (unpaired) electrons. The summed E-state index contributed by atoms with van der Waals surface area (Å²) in [6.45, 7) is 5.51. The molecule has 0 aromatic carbocycles. The normalized spacial score (nSPS) is 14.2. The van der Waals surface area contributed by atoms with Crippen LogP contribution in [-0.2, 0) is 16.1 Å². The molecule has 0 amide bonds. The van der Waals surface area contributed by atoms with Gasteiger partial charge in [0.15, 0.2) is 5.82 Å². The highest BCUT2D eigenvalue weighted by Gasteiger charge is 2.21. The lowest BCUT2D eigenvalue weighted by Crippen LogP contribution is -2.24. The van der Waals surface area contributed by atoms with E-state index < -0.39 is 0 Å². The number of nitrogens with zero attached hydrogens (tertiary/aromatic N) is 3. The maximum Gasteiger partial charge on any atom is 0.158 e. The second-order valence-electron chi connectivity index (χ2n) is 5.35. The Labute approximate surface area is 126 Å². The summed E-state index contributed by atoms with van der Waals surface area (Å²) < 4.78 is 11.1. The van der Waals surface area contributed by atoms with Gasteiger partial charge in [-0.15, -0.1) is 0 Å². The molecule has 0 unspecified atom stereocenters. The van der Waals surface area contributed by atoms with Crippen LogP contribution >= 0.6 is 0 Å². The van der Waals surface area contributed by atoms with Crippen molar-refractivity contribution >= 4 is 11.6 Å². The molecule has 0 saturated heterocycles. The van der Waals surface area contributed by atoms with E-state index in [0.717, 1.165) is 37.3 Å². The van der Waals surface area contributed by atoms with Crippen LogP contribution in [0.1, 0.15) is 25.6 Å². The number of anilines is 2. The number of likely N-dealkylation sites (N-methyl/N-ethyl adjacent to an activating group) is 1. The Morgan fingerprint density at radius 3 is 2.81 bits per heavy atom. The zero-order chi connectivity index (χ0) is 15.1. The molecule has 0 bridgehead atoms. The zero-order valence-corrected chi connectivity index (χ0v) is 13.3. The summed E-state index contributed by atoms with van der Waals surface area (Å²) in [6.07, 6.45) is 2.65. The summed E-state index contributed by atoms with van der Waals surface area (Å²) in [5, 5.41) is 3.06. The van der Waals surface area contributed by atoms with Gasteiger partial charge in [-0.1, -0.05) is 0 Å². The second kappa shape index (κ2) is 8.14. The molecular weight excluding hydrogens is 268 g/mol. The van der Waals surface area contributed by atoms with E-state index >= 15 is 0 Å². The van der Waals surface area contributed by atoms with Crippen LogP contribution in [0.5, 0.6) is 0 Å². The first-order valence-electron chi connectivity index (χ1n) is 7.65. The summed E-state index contributed by atoms with van der Waals surface area (Å²) in [5.74, 6) is 3.20. The van der Waals surface area contributed by atoms with Gasteiger partial charge in [0.2, 0.25) is 0 Å². The number of ether oxygens (including phenoxy) is 2. The minimum Gasteiger partial charge on any atom is -0.379 e. The van der Waals surface area contributed by atoms with Gasteiger partial charge in [-0.3, -0.25) is 0 Å². The third-order valence-electron chi connectivity index (χ3n) is 3.46. The van der Waals surface area contributed by atoms with Gasteiger partial charge in [-0.25, -0.2) is 9.97 Å². The molecule has 6 nitrogen and oxygen atoms in total. The molecule has 1 aliphatic carbocycles. The first-order chi connectivity index (χ1) is 10.2. The minimum absolute atomic E-state index is 0.436. The molecular formula is C15H26N4O2. The molecule has 1 heterocycles. The maximum absolute atomic E-state index is 5.68. The van der Waals surface area contributed by atoms with E-state index in [2.05, 4.69) is 20.2 Å². The van der Waals surface area contributed by atoms with Crippen molar-refractivity contribution in [2.24, 2.45) is 5.92 Å². The molecule has 6 heteroatoms. The third-order valence-corrected chi connectivity index (χ3v) is 3.46. The summed E-state index contributed by atoms with van der Waals surface area (Å²) in [4.78, 5) is 11.0. The topological polar surface area (TPSA) is 59.5 Å². The van der Waals surface area contributed by atoms with Crippen LogP contribution in [0.15, 0.2) is 6.07 Å². The van der Waals surface area contributed by atoms with Crippen molar-refractivity contribution in [3.8, 4) is 0 Å². The molecule has 1 fully saturated rings. The van der Waals surface area contributed by atoms with Crippen LogP contribution in [0.2, 0.25) is 0 Å². The van der Waals surface area contributed by atoms with Crippen LogP contribution in [0.4, 0.5) is 11.6 Å². The predicted octanol–water partition coefficient (Wildman–Crippen LogP) is 1.92. The third kappa shape index (κ3) is 5.47. The van der Waals surface area contributed by atoms with Crippen molar-refractivity contribution in [3.63, 3.8) is 0 Å². The Kier molecular flexibility index (Phi) is 6.20. The van der Waals surface area contributed by atoms with Crippen molar-refractivity contribution in [2.75, 3.05) is 50.7 Å². The molecule has 1 aromatic rings. The van der Waals surface area contributed by atoms with Gasteiger partial charge >= 0.3 is 0 Å². The molecule has 0 spiro atoms. The summed E-state index contributed by atoms with van der Waals surface area (Å²) in [7, 11) is 3.88. The van der Waals surface area contributed by atoms with Crippen molar-refractivity contribution in [2.45, 2.75) is 26.4 Å². The minimum atomic E-state index is 0.436. The van der Waals surface area contributed by atoms with Crippen molar-refractivity contribution in [1.29, 1.82) is 0 Å². The summed E-state index contributed by atoms with van der Waals surface area (Å²) >= 11 is 0. The first kappa shape index (κ1) is 16.0. The number of nitrogens with one attached hydrogen (secondary N) is 1. The Balaban J connectivity index is 1.88. The number of hydrogen-bond donors (Lipinski definition) is 1. The number of aromatic nitrogens is 2. The monoisotopic (exact) mass is 294 g/mol. The average Bonchev–Trinajstić information content (AvgIpc) is 3.33. The zero-order valence-electron chi connectivity index (χ0n) is 13.3. The fraction of sp³-hybridized carbons (Fsp3) is 0.733. The fourth-order valence-electron chi connectivity index (χ4n) is 1.92. The van der Waals surface area contributed by atoms with Crippen molar-refractivity contribution in [1.82, 2.24) is 9.97 Å². The lowest BCUT2D eigenvalue weighted by Gasteiger charge is -2.19. The van der Waals surface area contributed by atoms with Gasteiger partial charge < -0.3 is 19.7 Å². The maximum atomic E-state index is 5.68. The van der Waals surface area contributed by atoms with Crippen LogP contribution < -0.4 is 10.2 Å². The lowest BCUT2D eigenvalue weighted by molar-refractivity contribution is 0.128. The standard InChI is InChI=1S/C15H26N4O2/c1-4-20-11-14-17-13(16-2)9-15(18-14)19(3)7-8-21-10-12-5-6-12/h9,12H,4-8,10-11H2,1-3H3,(H,16,17,18). The molecule has 21 heavy (non-hydrogen) atoms. The van der Waals surface area contributed by atoms with E-state index in [1.165, 1.54) is 12.8 Å². The van der Waals surface area contributed by atoms with Gasteiger partial charge in [0.05, 0.1) is 6.61 Å². The molecule has 1 saturated carbocycles. The van der Waals surface area contributed by atoms with Crippen LogP contribution in [0, 0.1) is 5.92 Å². The van der Waals surface area contributed by atoms with E-state index in [-0.39, 0.29) is 0 Å². The van der Waals surface area contributed by atoms with Crippen molar-refractivity contribution < 1.29 is 9.47 Å². The van der Waals surface area contributed by atoms with Crippen molar-refractivity contribution in [3.05, 3.63) is 11.9 Å². The summed E-state index contributed by atoms with van der Waals surface area (Å²) in [5.41, 5.74) is 0. The highest BCUT2D eigenvalue weighted by atomic mass is 16.5. The Bertz CT molecular complexity index is 438. The molecule has 2 rings (SSSR count). The molecule has 0 atom stereocenters. The van der Waals surface area contributed by atoms with Gasteiger partial charge in [0.25, 0.3) is 0 Å². The van der Waals surface area contributed by atoms with Gasteiger partial charge in [-0.2, -0.15) is 0 Å². The summed E-state index contributed by atoms with van der Waals surface area (Å²) in [6, 6.07) is 1.94. The molecule has 1 aromatic heterocycles. The second-order valence-corrected chi connectivity index (χ2v) is 5.35. The molecule has 1 N–H and O–H groups in total. The fourth-order valence-corrected chi connectivity index (χ4v) is 1.92. The molecule has 1 aliphatic rings.